The van der Waals surface area contributed by atoms with Crippen LogP contribution in [0.5, 0.6) is 5.75 Å². The van der Waals surface area contributed by atoms with Gasteiger partial charge in [0, 0.05) is 24.2 Å². The van der Waals surface area contributed by atoms with Crippen LogP contribution in [0.4, 0.5) is 5.69 Å². The normalized spacial score (nSPS) is 11.2. The summed E-state index contributed by atoms with van der Waals surface area (Å²) in [4.78, 5) is 25.3. The fourth-order valence-electron chi connectivity index (χ4n) is 1.90. The van der Waals surface area contributed by atoms with E-state index in [1.165, 1.54) is 0 Å². The number of nitrogens with zero attached hydrogens (tertiary/aromatic N) is 1. The molecule has 0 bridgehead atoms. The zero-order chi connectivity index (χ0) is 16.9. The fraction of sp³-hybridized carbons (Fsp3) is 0.529. The molecule has 22 heavy (non-hydrogen) atoms. The van der Waals surface area contributed by atoms with Crippen molar-refractivity contribution in [2.24, 2.45) is 5.41 Å². The largest absolute Gasteiger partial charge is 0.484 e. The lowest BCUT2D eigenvalue weighted by molar-refractivity contribution is -0.125. The Kier molecular flexibility index (Phi) is 5.97. The van der Waals surface area contributed by atoms with Gasteiger partial charge in [0.25, 0.3) is 5.91 Å². The molecule has 0 heterocycles. The number of hydrogen-bond acceptors (Lipinski definition) is 3. The van der Waals surface area contributed by atoms with Gasteiger partial charge in [-0.1, -0.05) is 20.8 Å². The average molecular weight is 306 g/mol. The molecule has 0 aliphatic rings. The van der Waals surface area contributed by atoms with Gasteiger partial charge in [0.1, 0.15) is 5.75 Å². The molecule has 0 saturated carbocycles. The highest BCUT2D eigenvalue weighted by Gasteiger charge is 2.25. The van der Waals surface area contributed by atoms with Crippen LogP contribution in [0.2, 0.25) is 0 Å². The highest BCUT2D eigenvalue weighted by Crippen LogP contribution is 2.23. The lowest BCUT2D eigenvalue weighted by Gasteiger charge is -2.26. The molecule has 1 N–H and O–H groups in total. The molecule has 0 radical (unpaired) electrons. The number of anilines is 1. The molecular formula is C17H26N2O3. The summed E-state index contributed by atoms with van der Waals surface area (Å²) in [5, 5.41) is 2.76. The van der Waals surface area contributed by atoms with Gasteiger partial charge in [-0.25, -0.2) is 0 Å². The third kappa shape index (κ3) is 5.39. The Morgan fingerprint density at radius 1 is 1.18 bits per heavy atom. The summed E-state index contributed by atoms with van der Waals surface area (Å²) in [5.74, 6) is 0.482. The van der Waals surface area contributed by atoms with Gasteiger partial charge in [0.05, 0.1) is 0 Å². The van der Waals surface area contributed by atoms with Crippen molar-refractivity contribution in [2.45, 2.75) is 40.7 Å². The van der Waals surface area contributed by atoms with Crippen LogP contribution in [-0.2, 0) is 9.59 Å². The summed E-state index contributed by atoms with van der Waals surface area (Å²) < 4.78 is 5.42. The zero-order valence-electron chi connectivity index (χ0n) is 14.3. The van der Waals surface area contributed by atoms with Crippen molar-refractivity contribution in [3.8, 4) is 5.75 Å². The van der Waals surface area contributed by atoms with E-state index in [2.05, 4.69) is 5.32 Å². The van der Waals surface area contributed by atoms with Gasteiger partial charge in [-0.15, -0.1) is 0 Å². The molecule has 1 rings (SSSR count). The molecule has 0 aliphatic heterocycles. The lowest BCUT2D eigenvalue weighted by Crippen LogP contribution is -2.36. The number of ether oxygens (including phenoxy) is 1. The Labute approximate surface area is 132 Å². The van der Waals surface area contributed by atoms with E-state index in [0.717, 1.165) is 5.69 Å². The first-order valence-corrected chi connectivity index (χ1v) is 7.41. The van der Waals surface area contributed by atoms with Crippen LogP contribution in [0.25, 0.3) is 0 Å². The number of benzene rings is 1. The Morgan fingerprint density at radius 2 is 1.73 bits per heavy atom. The van der Waals surface area contributed by atoms with E-state index in [1.807, 2.05) is 34.6 Å². The van der Waals surface area contributed by atoms with E-state index in [-0.39, 0.29) is 24.5 Å². The molecule has 0 saturated heterocycles. The second-order valence-corrected chi connectivity index (χ2v) is 6.62. The molecule has 0 spiro atoms. The maximum Gasteiger partial charge on any atom is 0.258 e. The van der Waals surface area contributed by atoms with Crippen LogP contribution in [0.15, 0.2) is 24.3 Å². The summed E-state index contributed by atoms with van der Waals surface area (Å²) in [6.45, 7) is 9.43. The van der Waals surface area contributed by atoms with Gasteiger partial charge >= 0.3 is 0 Å². The monoisotopic (exact) mass is 306 g/mol. The van der Waals surface area contributed by atoms with Crippen LogP contribution in [-0.4, -0.2) is 31.5 Å². The van der Waals surface area contributed by atoms with Crippen LogP contribution < -0.4 is 15.0 Å². The second kappa shape index (κ2) is 7.29. The van der Waals surface area contributed by atoms with Crippen molar-refractivity contribution >= 4 is 17.5 Å². The minimum Gasteiger partial charge on any atom is -0.484 e. The van der Waals surface area contributed by atoms with Crippen LogP contribution in [0.3, 0.4) is 0 Å². The Balaban J connectivity index is 2.63. The third-order valence-electron chi connectivity index (χ3n) is 2.99. The van der Waals surface area contributed by atoms with E-state index in [4.69, 9.17) is 4.74 Å². The SMILES string of the molecule is CC(C)NC(=O)COc1ccc(N(C)C(=O)C(C)(C)C)cc1. The molecule has 0 aromatic heterocycles. The Bertz CT molecular complexity index is 516. The highest BCUT2D eigenvalue weighted by atomic mass is 16.5. The molecule has 5 heteroatoms. The number of carbonyl (C=O) groups excluding carboxylic acids is 2. The average Bonchev–Trinajstić information content (AvgIpc) is 2.42. The summed E-state index contributed by atoms with van der Waals surface area (Å²) in [6, 6.07) is 7.21. The van der Waals surface area contributed by atoms with E-state index in [9.17, 15) is 9.59 Å². The van der Waals surface area contributed by atoms with Crippen LogP contribution >= 0.6 is 0 Å². The molecular weight excluding hydrogens is 280 g/mol. The Morgan fingerprint density at radius 3 is 2.18 bits per heavy atom. The molecule has 1 aromatic carbocycles. The lowest BCUT2D eigenvalue weighted by atomic mass is 9.95. The summed E-state index contributed by atoms with van der Waals surface area (Å²) >= 11 is 0. The second-order valence-electron chi connectivity index (χ2n) is 6.62. The molecule has 122 valence electrons. The highest BCUT2D eigenvalue weighted by molar-refractivity contribution is 5.96. The van der Waals surface area contributed by atoms with E-state index in [0.29, 0.717) is 5.75 Å². The van der Waals surface area contributed by atoms with Crippen molar-refractivity contribution in [3.63, 3.8) is 0 Å². The van der Waals surface area contributed by atoms with Gasteiger partial charge in [0.2, 0.25) is 5.91 Å². The van der Waals surface area contributed by atoms with E-state index < -0.39 is 5.41 Å². The van der Waals surface area contributed by atoms with Gasteiger partial charge in [0.15, 0.2) is 6.61 Å². The van der Waals surface area contributed by atoms with Gasteiger partial charge in [-0.3, -0.25) is 9.59 Å². The molecule has 0 fully saturated rings. The van der Waals surface area contributed by atoms with Crippen molar-refractivity contribution in [1.29, 1.82) is 0 Å². The minimum atomic E-state index is -0.432. The number of carbonyl (C=O) groups is 2. The van der Waals surface area contributed by atoms with Crippen molar-refractivity contribution < 1.29 is 14.3 Å². The number of amides is 2. The van der Waals surface area contributed by atoms with Crippen LogP contribution in [0.1, 0.15) is 34.6 Å². The number of rotatable bonds is 5. The maximum absolute atomic E-state index is 12.2. The Hall–Kier alpha value is -2.04. The number of nitrogens with one attached hydrogen (secondary N) is 1. The van der Waals surface area contributed by atoms with Crippen molar-refractivity contribution in [2.75, 3.05) is 18.6 Å². The number of hydrogen-bond donors (Lipinski definition) is 1. The fourth-order valence-corrected chi connectivity index (χ4v) is 1.90. The molecule has 1 aromatic rings. The first-order valence-electron chi connectivity index (χ1n) is 7.41. The topological polar surface area (TPSA) is 58.6 Å². The van der Waals surface area contributed by atoms with Gasteiger partial charge in [-0.05, 0) is 38.1 Å². The predicted octanol–water partition coefficient (Wildman–Crippen LogP) is 2.60. The molecule has 5 nitrogen and oxygen atoms in total. The van der Waals surface area contributed by atoms with Gasteiger partial charge in [-0.2, -0.15) is 0 Å². The van der Waals surface area contributed by atoms with Crippen molar-refractivity contribution in [1.82, 2.24) is 5.32 Å². The summed E-state index contributed by atoms with van der Waals surface area (Å²) in [6.07, 6.45) is 0. The zero-order valence-corrected chi connectivity index (χ0v) is 14.3. The van der Waals surface area contributed by atoms with E-state index >= 15 is 0 Å². The molecule has 0 aliphatic carbocycles. The van der Waals surface area contributed by atoms with Crippen LogP contribution in [0, 0.1) is 5.41 Å². The first kappa shape index (κ1) is 18.0. The smallest absolute Gasteiger partial charge is 0.258 e. The van der Waals surface area contributed by atoms with Gasteiger partial charge < -0.3 is 15.0 Å². The molecule has 0 atom stereocenters. The quantitative estimate of drug-likeness (QED) is 0.909. The van der Waals surface area contributed by atoms with E-state index in [1.54, 1.807) is 36.2 Å². The van der Waals surface area contributed by atoms with Crippen molar-refractivity contribution in [3.05, 3.63) is 24.3 Å². The standard InChI is InChI=1S/C17H26N2O3/c1-12(2)18-15(20)11-22-14-9-7-13(8-10-14)19(6)16(21)17(3,4)5/h7-10,12H,11H2,1-6H3,(H,18,20). The first-order chi connectivity index (χ1) is 10.1. The third-order valence-corrected chi connectivity index (χ3v) is 2.99. The molecule has 2 amide bonds. The summed E-state index contributed by atoms with van der Waals surface area (Å²) in [7, 11) is 1.75. The maximum atomic E-state index is 12.2. The minimum absolute atomic E-state index is 0.0196. The molecule has 0 unspecified atom stereocenters. The predicted molar refractivity (Wildman–Crippen MR) is 88.1 cm³/mol. The summed E-state index contributed by atoms with van der Waals surface area (Å²) in [5.41, 5.74) is 0.359.